The van der Waals surface area contributed by atoms with Crippen LogP contribution in [0.1, 0.15) is 26.7 Å². The largest absolute Gasteiger partial charge is 0.395 e. The fourth-order valence-electron chi connectivity index (χ4n) is 1.01. The van der Waals surface area contributed by atoms with Crippen molar-refractivity contribution in [3.63, 3.8) is 0 Å². The van der Waals surface area contributed by atoms with Crippen LogP contribution >= 0.6 is 0 Å². The SMILES string of the molecule is CCC(=O)CC.OCCN(CCO)CCO. The predicted molar refractivity (Wildman–Crippen MR) is 63.3 cm³/mol. The second-order valence-electron chi connectivity index (χ2n) is 3.26. The summed E-state index contributed by atoms with van der Waals surface area (Å²) in [5, 5.41) is 25.5. The van der Waals surface area contributed by atoms with Gasteiger partial charge in [-0.05, 0) is 0 Å². The normalized spacial score (nSPS) is 9.88. The summed E-state index contributed by atoms with van der Waals surface area (Å²) in [6, 6.07) is 0. The van der Waals surface area contributed by atoms with Gasteiger partial charge in [0.15, 0.2) is 0 Å². The van der Waals surface area contributed by atoms with Gasteiger partial charge in [0.1, 0.15) is 5.78 Å². The van der Waals surface area contributed by atoms with E-state index in [1.54, 1.807) is 4.90 Å². The zero-order chi connectivity index (χ0) is 12.8. The lowest BCUT2D eigenvalue weighted by atomic mass is 10.3. The fraction of sp³-hybridized carbons (Fsp3) is 0.909. The first-order chi connectivity index (χ1) is 7.65. The summed E-state index contributed by atoms with van der Waals surface area (Å²) >= 11 is 0. The molecule has 0 saturated carbocycles. The molecular weight excluding hydrogens is 210 g/mol. The third kappa shape index (κ3) is 13.5. The number of hydrogen-bond donors (Lipinski definition) is 3. The molecule has 0 spiro atoms. The zero-order valence-corrected chi connectivity index (χ0v) is 10.4. The molecule has 0 bridgehead atoms. The number of rotatable bonds is 8. The molecule has 16 heavy (non-hydrogen) atoms. The van der Waals surface area contributed by atoms with Crippen LogP contribution in [0.15, 0.2) is 0 Å². The van der Waals surface area contributed by atoms with Crippen LogP contribution < -0.4 is 0 Å². The predicted octanol–water partition coefficient (Wildman–Crippen LogP) is -0.359. The van der Waals surface area contributed by atoms with Gasteiger partial charge in [-0.1, -0.05) is 13.8 Å². The fourth-order valence-corrected chi connectivity index (χ4v) is 1.01. The van der Waals surface area contributed by atoms with Gasteiger partial charge in [0.2, 0.25) is 0 Å². The Kier molecular flexibility index (Phi) is 16.2. The van der Waals surface area contributed by atoms with Crippen molar-refractivity contribution in [1.29, 1.82) is 0 Å². The Morgan fingerprint density at radius 3 is 1.31 bits per heavy atom. The molecule has 5 nitrogen and oxygen atoms in total. The van der Waals surface area contributed by atoms with Crippen molar-refractivity contribution in [1.82, 2.24) is 4.90 Å². The number of carbonyl (C=O) groups is 1. The van der Waals surface area contributed by atoms with Gasteiger partial charge in [-0.2, -0.15) is 0 Å². The van der Waals surface area contributed by atoms with E-state index in [2.05, 4.69) is 0 Å². The summed E-state index contributed by atoms with van der Waals surface area (Å²) in [5.41, 5.74) is 0. The number of nitrogens with zero attached hydrogens (tertiary/aromatic N) is 1. The van der Waals surface area contributed by atoms with E-state index in [0.29, 0.717) is 38.3 Å². The van der Waals surface area contributed by atoms with E-state index >= 15 is 0 Å². The van der Waals surface area contributed by atoms with Crippen LogP contribution in [-0.2, 0) is 4.79 Å². The maximum Gasteiger partial charge on any atom is 0.132 e. The third-order valence-corrected chi connectivity index (χ3v) is 2.04. The van der Waals surface area contributed by atoms with Crippen LogP contribution in [0.25, 0.3) is 0 Å². The third-order valence-electron chi connectivity index (χ3n) is 2.04. The van der Waals surface area contributed by atoms with Gasteiger partial charge in [-0.25, -0.2) is 0 Å². The zero-order valence-electron chi connectivity index (χ0n) is 10.4. The average molecular weight is 235 g/mol. The maximum atomic E-state index is 10.2. The summed E-state index contributed by atoms with van der Waals surface area (Å²) in [6.07, 6.45) is 1.38. The molecular formula is C11H25NO4. The molecule has 98 valence electrons. The van der Waals surface area contributed by atoms with E-state index in [0.717, 1.165) is 0 Å². The first kappa shape index (κ1) is 17.9. The first-order valence-corrected chi connectivity index (χ1v) is 5.72. The van der Waals surface area contributed by atoms with Gasteiger partial charge in [-0.15, -0.1) is 0 Å². The van der Waals surface area contributed by atoms with Gasteiger partial charge in [0.25, 0.3) is 0 Å². The Labute approximate surface area is 97.7 Å². The number of ketones is 1. The molecule has 0 aliphatic rings. The minimum atomic E-state index is 0.0694. The van der Waals surface area contributed by atoms with Gasteiger partial charge >= 0.3 is 0 Å². The van der Waals surface area contributed by atoms with Crippen LogP contribution in [0.3, 0.4) is 0 Å². The summed E-state index contributed by atoms with van der Waals surface area (Å²) in [5.74, 6) is 0.343. The van der Waals surface area contributed by atoms with Crippen molar-refractivity contribution in [3.05, 3.63) is 0 Å². The highest BCUT2D eigenvalue weighted by atomic mass is 16.3. The van der Waals surface area contributed by atoms with Crippen LogP contribution in [0.4, 0.5) is 0 Å². The highest BCUT2D eigenvalue weighted by Crippen LogP contribution is 1.84. The van der Waals surface area contributed by atoms with E-state index < -0.39 is 0 Å². The van der Waals surface area contributed by atoms with Crippen molar-refractivity contribution in [2.24, 2.45) is 0 Å². The summed E-state index contributed by atoms with van der Waals surface area (Å²) in [4.78, 5) is 12.0. The van der Waals surface area contributed by atoms with Crippen LogP contribution in [0.2, 0.25) is 0 Å². The van der Waals surface area contributed by atoms with Crippen molar-refractivity contribution >= 4 is 5.78 Å². The molecule has 0 amide bonds. The molecule has 0 heterocycles. The highest BCUT2D eigenvalue weighted by molar-refractivity contribution is 5.77. The van der Waals surface area contributed by atoms with Crippen molar-refractivity contribution < 1.29 is 20.1 Å². The average Bonchev–Trinajstić information content (AvgIpc) is 2.30. The molecule has 0 aromatic rings. The number of carbonyl (C=O) groups excluding carboxylic acids is 1. The number of Topliss-reactive ketones (excluding diaryl/α,β-unsaturated/α-hetero) is 1. The second-order valence-corrected chi connectivity index (χ2v) is 3.26. The monoisotopic (exact) mass is 235 g/mol. The minimum absolute atomic E-state index is 0.0694. The molecule has 0 aliphatic heterocycles. The molecule has 3 N–H and O–H groups in total. The molecule has 0 aliphatic carbocycles. The van der Waals surface area contributed by atoms with Crippen molar-refractivity contribution in [2.45, 2.75) is 26.7 Å². The van der Waals surface area contributed by atoms with Crippen molar-refractivity contribution in [3.8, 4) is 0 Å². The Hall–Kier alpha value is -0.490. The Morgan fingerprint density at radius 1 is 0.875 bits per heavy atom. The van der Waals surface area contributed by atoms with Crippen molar-refractivity contribution in [2.75, 3.05) is 39.5 Å². The van der Waals surface area contributed by atoms with Crippen LogP contribution in [0.5, 0.6) is 0 Å². The van der Waals surface area contributed by atoms with E-state index in [9.17, 15) is 4.79 Å². The lowest BCUT2D eigenvalue weighted by Gasteiger charge is -2.17. The van der Waals surface area contributed by atoms with Gasteiger partial charge < -0.3 is 15.3 Å². The Balaban J connectivity index is 0. The molecule has 0 unspecified atom stereocenters. The molecule has 5 heteroatoms. The lowest BCUT2D eigenvalue weighted by Crippen LogP contribution is -2.32. The minimum Gasteiger partial charge on any atom is -0.395 e. The molecule has 0 aromatic carbocycles. The van der Waals surface area contributed by atoms with Gasteiger partial charge in [-0.3, -0.25) is 9.69 Å². The first-order valence-electron chi connectivity index (χ1n) is 5.72. The number of hydrogen-bond acceptors (Lipinski definition) is 5. The summed E-state index contributed by atoms with van der Waals surface area (Å²) < 4.78 is 0. The number of aliphatic hydroxyl groups is 3. The Bertz CT molecular complexity index is 133. The summed E-state index contributed by atoms with van der Waals surface area (Å²) in [6.45, 7) is 5.51. The van der Waals surface area contributed by atoms with E-state index in [4.69, 9.17) is 15.3 Å². The Morgan fingerprint density at radius 2 is 1.19 bits per heavy atom. The second kappa shape index (κ2) is 14.5. The van der Waals surface area contributed by atoms with Crippen LogP contribution in [0, 0.1) is 0 Å². The molecule has 0 radical (unpaired) electrons. The van der Waals surface area contributed by atoms with E-state index in [1.165, 1.54) is 0 Å². The summed E-state index contributed by atoms with van der Waals surface area (Å²) in [7, 11) is 0. The van der Waals surface area contributed by atoms with E-state index in [1.807, 2.05) is 13.8 Å². The maximum absolute atomic E-state index is 10.2. The van der Waals surface area contributed by atoms with Crippen LogP contribution in [-0.4, -0.2) is 65.5 Å². The quantitative estimate of drug-likeness (QED) is 0.535. The molecule has 0 saturated heterocycles. The smallest absolute Gasteiger partial charge is 0.132 e. The lowest BCUT2D eigenvalue weighted by molar-refractivity contribution is -0.118. The topological polar surface area (TPSA) is 81.0 Å². The van der Waals surface area contributed by atoms with E-state index in [-0.39, 0.29) is 19.8 Å². The standard InChI is InChI=1S/C6H15NO3.C5H10O/c8-4-1-7(2-5-9)3-6-10;1-3-5(6)4-2/h8-10H,1-6H2;3-4H2,1-2H3. The van der Waals surface area contributed by atoms with Gasteiger partial charge in [0, 0.05) is 32.5 Å². The van der Waals surface area contributed by atoms with Gasteiger partial charge in [0.05, 0.1) is 19.8 Å². The molecule has 0 fully saturated rings. The molecule has 0 aromatic heterocycles. The molecule has 0 rings (SSSR count). The molecule has 0 atom stereocenters. The number of aliphatic hydroxyl groups excluding tert-OH is 3. The highest BCUT2D eigenvalue weighted by Gasteiger charge is 2.00.